The largest absolute Gasteiger partial charge is 0.496 e. The zero-order valence-electron chi connectivity index (χ0n) is 32.3. The molecule has 0 atom stereocenters. The number of carbonyl (C=O) groups is 2. The lowest BCUT2D eigenvalue weighted by molar-refractivity contribution is -0.132. The van der Waals surface area contributed by atoms with Gasteiger partial charge in [-0.05, 0) is 60.7 Å². The fraction of sp³-hybridized carbons (Fsp3) is 0.550. The number of hydrogen-bond donors (Lipinski definition) is 4. The number of aliphatic hydroxyl groups excluding tert-OH is 2. The summed E-state index contributed by atoms with van der Waals surface area (Å²) in [6, 6.07) is 7.33. The Hall–Kier alpha value is -5.02. The molecule has 15 nitrogen and oxygen atoms in total. The Kier molecular flexibility index (Phi) is 13.4. The van der Waals surface area contributed by atoms with Crippen molar-refractivity contribution in [3.05, 3.63) is 41.0 Å². The van der Waals surface area contributed by atoms with E-state index in [1.807, 2.05) is 33.8 Å². The summed E-state index contributed by atoms with van der Waals surface area (Å²) in [7, 11) is 1.64. The van der Waals surface area contributed by atoms with Crippen LogP contribution in [0.1, 0.15) is 80.9 Å². The molecule has 2 amide bonds. The van der Waals surface area contributed by atoms with Gasteiger partial charge in [0.1, 0.15) is 17.4 Å². The molecule has 4 aromatic rings. The van der Waals surface area contributed by atoms with Crippen molar-refractivity contribution in [1.29, 1.82) is 0 Å². The van der Waals surface area contributed by atoms with E-state index in [0.29, 0.717) is 111 Å². The lowest BCUT2D eigenvalue weighted by Crippen LogP contribution is -2.49. The lowest BCUT2D eigenvalue weighted by Gasteiger charge is -2.35. The molecule has 4 heterocycles. The monoisotopic (exact) mass is 756 g/mol. The Balaban J connectivity index is 0.806. The van der Waals surface area contributed by atoms with Crippen molar-refractivity contribution in [3.8, 4) is 5.75 Å². The van der Waals surface area contributed by atoms with Crippen molar-refractivity contribution in [2.75, 3.05) is 80.7 Å². The molecule has 0 radical (unpaired) electrons. The zero-order valence-corrected chi connectivity index (χ0v) is 32.3. The summed E-state index contributed by atoms with van der Waals surface area (Å²) < 4.78 is 5.42. The SMILES string of the molecule is COc1cc2c(N)nc(N3CCN(C(=O)CCCCCCCCCCC(=O)N4CCN(c5nc(N)c6cc(CO)c(CO)cc6n5)CC4)CC3)nc2cc1C. The summed E-state index contributed by atoms with van der Waals surface area (Å²) in [5, 5.41) is 20.7. The van der Waals surface area contributed by atoms with Crippen molar-refractivity contribution in [2.24, 2.45) is 0 Å². The summed E-state index contributed by atoms with van der Waals surface area (Å²) >= 11 is 0. The van der Waals surface area contributed by atoms with Gasteiger partial charge >= 0.3 is 0 Å². The Morgan fingerprint density at radius 3 is 1.49 bits per heavy atom. The molecular formula is C40H56N10O5. The highest BCUT2D eigenvalue weighted by molar-refractivity contribution is 5.91. The molecule has 2 aromatic heterocycles. The summed E-state index contributed by atoms with van der Waals surface area (Å²) in [5.74, 6) is 3.03. The highest BCUT2D eigenvalue weighted by atomic mass is 16.5. The highest BCUT2D eigenvalue weighted by Gasteiger charge is 2.25. The minimum atomic E-state index is -0.200. The summed E-state index contributed by atoms with van der Waals surface area (Å²) in [6.07, 6.45) is 9.56. The number of nitrogens with zero attached hydrogens (tertiary/aromatic N) is 8. The topological polar surface area (TPSA) is 200 Å². The van der Waals surface area contributed by atoms with E-state index in [9.17, 15) is 19.8 Å². The van der Waals surface area contributed by atoms with Crippen LogP contribution in [0.25, 0.3) is 21.8 Å². The normalized spacial score (nSPS) is 15.0. The minimum Gasteiger partial charge on any atom is -0.496 e. The fourth-order valence-corrected chi connectivity index (χ4v) is 7.58. The third-order valence-electron chi connectivity index (χ3n) is 11.0. The second-order valence-electron chi connectivity index (χ2n) is 14.7. The van der Waals surface area contributed by atoms with Crippen LogP contribution < -0.4 is 26.0 Å². The first-order valence-corrected chi connectivity index (χ1v) is 19.7. The van der Waals surface area contributed by atoms with Crippen LogP contribution >= 0.6 is 0 Å². The second-order valence-corrected chi connectivity index (χ2v) is 14.7. The van der Waals surface area contributed by atoms with Gasteiger partial charge < -0.3 is 46.0 Å². The van der Waals surface area contributed by atoms with E-state index in [1.165, 1.54) is 0 Å². The molecule has 55 heavy (non-hydrogen) atoms. The van der Waals surface area contributed by atoms with Crippen LogP contribution in [-0.2, 0) is 22.8 Å². The van der Waals surface area contributed by atoms with Crippen LogP contribution in [0, 0.1) is 6.92 Å². The number of nitrogen functional groups attached to an aromatic ring is 2. The van der Waals surface area contributed by atoms with Gasteiger partial charge in [0.25, 0.3) is 0 Å². The number of anilines is 4. The molecule has 0 aliphatic carbocycles. The molecule has 2 fully saturated rings. The van der Waals surface area contributed by atoms with Crippen molar-refractivity contribution in [3.63, 3.8) is 0 Å². The molecule has 2 aliphatic rings. The zero-order chi connectivity index (χ0) is 38.9. The molecule has 6 rings (SSSR count). The first kappa shape index (κ1) is 39.7. The number of methoxy groups -OCH3 is 1. The van der Waals surface area contributed by atoms with Gasteiger partial charge in [0.2, 0.25) is 23.7 Å². The van der Waals surface area contributed by atoms with Gasteiger partial charge in [-0.3, -0.25) is 9.59 Å². The summed E-state index contributed by atoms with van der Waals surface area (Å²) in [4.78, 5) is 52.3. The number of nitrogens with two attached hydrogens (primary N) is 2. The van der Waals surface area contributed by atoms with Crippen LogP contribution in [0.15, 0.2) is 24.3 Å². The first-order chi connectivity index (χ1) is 26.7. The Labute approximate surface area is 322 Å². The number of rotatable bonds is 16. The number of amides is 2. The van der Waals surface area contributed by atoms with Gasteiger partial charge in [0.05, 0.1) is 31.4 Å². The molecule has 296 valence electrons. The number of benzene rings is 2. The molecule has 2 saturated heterocycles. The molecule has 0 bridgehead atoms. The average molecular weight is 757 g/mol. The minimum absolute atomic E-state index is 0.192. The Bertz CT molecular complexity index is 1960. The predicted octanol–water partition coefficient (Wildman–Crippen LogP) is 3.94. The van der Waals surface area contributed by atoms with Crippen LogP contribution in [0.5, 0.6) is 5.75 Å². The van der Waals surface area contributed by atoms with E-state index in [0.717, 1.165) is 73.6 Å². The van der Waals surface area contributed by atoms with E-state index >= 15 is 0 Å². The number of carbonyl (C=O) groups excluding carboxylic acids is 2. The summed E-state index contributed by atoms with van der Waals surface area (Å²) in [5.41, 5.74) is 16.1. The van der Waals surface area contributed by atoms with E-state index in [4.69, 9.17) is 21.2 Å². The standard InChI is InChI=1S/C40H56N10O5/c1-27-21-32-31(24-34(27)55-2)38(42)46-39(43-32)49-17-13-47(14-18-49)35(53)11-9-7-5-3-4-6-8-10-12-36(54)48-15-19-50(20-16-48)40-44-33-23-29(26-52)28(25-51)22-30(33)37(41)45-40/h21-24,51-52H,3-20,25-26H2,1-2H3,(H2,41,44,45)(H2,42,43,46). The molecule has 15 heteroatoms. The Morgan fingerprint density at radius 1 is 0.618 bits per heavy atom. The van der Waals surface area contributed by atoms with Crippen LogP contribution in [0.2, 0.25) is 0 Å². The van der Waals surface area contributed by atoms with Gasteiger partial charge in [-0.2, -0.15) is 9.97 Å². The van der Waals surface area contributed by atoms with Crippen molar-refractivity contribution >= 4 is 57.2 Å². The van der Waals surface area contributed by atoms with Crippen LogP contribution in [0.4, 0.5) is 23.5 Å². The van der Waals surface area contributed by atoms with Crippen molar-refractivity contribution in [2.45, 2.75) is 84.3 Å². The van der Waals surface area contributed by atoms with Gasteiger partial charge in [-0.15, -0.1) is 0 Å². The van der Waals surface area contributed by atoms with Gasteiger partial charge in [-0.1, -0.05) is 38.5 Å². The predicted molar refractivity (Wildman–Crippen MR) is 215 cm³/mol. The van der Waals surface area contributed by atoms with E-state index in [-0.39, 0.29) is 25.0 Å². The van der Waals surface area contributed by atoms with Crippen molar-refractivity contribution < 1.29 is 24.5 Å². The number of hydrogen-bond acceptors (Lipinski definition) is 13. The van der Waals surface area contributed by atoms with Gasteiger partial charge in [0.15, 0.2) is 0 Å². The maximum absolute atomic E-state index is 12.9. The molecule has 0 unspecified atom stereocenters. The number of ether oxygens (including phenoxy) is 1. The number of fused-ring (bicyclic) bond motifs is 2. The van der Waals surface area contributed by atoms with E-state index in [1.54, 1.807) is 19.2 Å². The third kappa shape index (κ3) is 9.62. The average Bonchev–Trinajstić information content (AvgIpc) is 3.20. The quantitative estimate of drug-likeness (QED) is 0.120. The molecule has 2 aliphatic heterocycles. The van der Waals surface area contributed by atoms with Crippen LogP contribution in [-0.4, -0.2) is 111 Å². The smallest absolute Gasteiger partial charge is 0.228 e. The number of unbranched alkanes of at least 4 members (excludes halogenated alkanes) is 7. The van der Waals surface area contributed by atoms with Gasteiger partial charge in [0, 0.05) is 76.0 Å². The highest BCUT2D eigenvalue weighted by Crippen LogP contribution is 2.30. The lowest BCUT2D eigenvalue weighted by atomic mass is 10.1. The van der Waals surface area contributed by atoms with Crippen LogP contribution in [0.3, 0.4) is 0 Å². The molecule has 2 aromatic carbocycles. The molecule has 6 N–H and O–H groups in total. The summed E-state index contributed by atoms with van der Waals surface area (Å²) in [6.45, 7) is 6.69. The van der Waals surface area contributed by atoms with Crippen molar-refractivity contribution in [1.82, 2.24) is 29.7 Å². The molecule has 0 saturated carbocycles. The number of aryl methyl sites for hydroxylation is 1. The number of aliphatic hydroxyl groups is 2. The number of piperazine rings is 2. The molecule has 0 spiro atoms. The maximum atomic E-state index is 12.9. The number of aromatic nitrogens is 4. The molecular weight excluding hydrogens is 701 g/mol. The fourth-order valence-electron chi connectivity index (χ4n) is 7.58. The van der Waals surface area contributed by atoms with E-state index in [2.05, 4.69) is 19.9 Å². The first-order valence-electron chi connectivity index (χ1n) is 19.7. The van der Waals surface area contributed by atoms with E-state index < -0.39 is 0 Å². The third-order valence-corrected chi connectivity index (χ3v) is 11.0. The Morgan fingerprint density at radius 2 is 1.04 bits per heavy atom. The second kappa shape index (κ2) is 18.5. The van der Waals surface area contributed by atoms with Gasteiger partial charge in [-0.25, -0.2) is 9.97 Å². The maximum Gasteiger partial charge on any atom is 0.228 e.